The van der Waals surface area contributed by atoms with Gasteiger partial charge in [0, 0.05) is 12.2 Å². The largest absolute Gasteiger partial charge is 0.508 e. The number of carbonyl (C=O) groups is 2. The second kappa shape index (κ2) is 4.95. The summed E-state index contributed by atoms with van der Waals surface area (Å²) in [6.45, 7) is 0.638. The van der Waals surface area contributed by atoms with E-state index in [1.54, 1.807) is 0 Å². The normalized spacial score (nSPS) is 19.1. The summed E-state index contributed by atoms with van der Waals surface area (Å²) in [4.78, 5) is 23.5. The second-order valence-electron chi connectivity index (χ2n) is 4.23. The molecular formula is C12H15N3O3. The number of carbonyl (C=O) groups excluding carboxylic acids is 2. The van der Waals surface area contributed by atoms with E-state index in [4.69, 9.17) is 5.73 Å². The zero-order valence-electron chi connectivity index (χ0n) is 9.77. The van der Waals surface area contributed by atoms with Crippen molar-refractivity contribution < 1.29 is 14.7 Å². The summed E-state index contributed by atoms with van der Waals surface area (Å²) in [6.07, 6.45) is 1.43. The van der Waals surface area contributed by atoms with Crippen LogP contribution < -0.4 is 16.4 Å². The molecular weight excluding hydrogens is 234 g/mol. The maximum Gasteiger partial charge on any atom is 0.254 e. The standard InChI is InChI=1S/C12H15N3O3/c13-9-4-3-7(16)6-8(9)11(17)15-10-2-1-5-14-12(10)18/h3-4,6,10,16H,1-2,5,13H2,(H,14,18)(H,15,17). The van der Waals surface area contributed by atoms with Gasteiger partial charge >= 0.3 is 0 Å². The van der Waals surface area contributed by atoms with Gasteiger partial charge in [-0.2, -0.15) is 0 Å². The smallest absolute Gasteiger partial charge is 0.254 e. The topological polar surface area (TPSA) is 104 Å². The first-order valence-electron chi connectivity index (χ1n) is 5.75. The van der Waals surface area contributed by atoms with E-state index in [2.05, 4.69) is 10.6 Å². The fourth-order valence-corrected chi connectivity index (χ4v) is 1.89. The molecule has 18 heavy (non-hydrogen) atoms. The molecule has 0 spiro atoms. The van der Waals surface area contributed by atoms with Crippen molar-refractivity contribution in [2.24, 2.45) is 0 Å². The second-order valence-corrected chi connectivity index (χ2v) is 4.23. The molecule has 1 aliphatic heterocycles. The Labute approximate surface area is 104 Å². The number of nitrogens with two attached hydrogens (primary N) is 1. The molecule has 1 heterocycles. The Balaban J connectivity index is 2.11. The van der Waals surface area contributed by atoms with Crippen molar-refractivity contribution in [3.05, 3.63) is 23.8 Å². The van der Waals surface area contributed by atoms with Crippen LogP contribution in [0.2, 0.25) is 0 Å². The van der Waals surface area contributed by atoms with E-state index in [9.17, 15) is 14.7 Å². The summed E-state index contributed by atoms with van der Waals surface area (Å²) in [7, 11) is 0. The molecule has 6 nitrogen and oxygen atoms in total. The molecule has 0 bridgehead atoms. The third kappa shape index (κ3) is 2.53. The lowest BCUT2D eigenvalue weighted by atomic mass is 10.1. The van der Waals surface area contributed by atoms with Crippen molar-refractivity contribution in [1.82, 2.24) is 10.6 Å². The first-order chi connectivity index (χ1) is 8.58. The number of piperidine rings is 1. The summed E-state index contributed by atoms with van der Waals surface area (Å²) in [5.74, 6) is -0.679. The van der Waals surface area contributed by atoms with Crippen LogP contribution in [0, 0.1) is 0 Å². The van der Waals surface area contributed by atoms with Crippen molar-refractivity contribution in [2.45, 2.75) is 18.9 Å². The number of nitrogen functional groups attached to an aromatic ring is 1. The molecule has 96 valence electrons. The van der Waals surface area contributed by atoms with Crippen molar-refractivity contribution in [2.75, 3.05) is 12.3 Å². The summed E-state index contributed by atoms with van der Waals surface area (Å²) < 4.78 is 0. The zero-order valence-corrected chi connectivity index (χ0v) is 9.77. The molecule has 0 aliphatic carbocycles. The third-order valence-electron chi connectivity index (χ3n) is 2.87. The highest BCUT2D eigenvalue weighted by molar-refractivity contribution is 6.01. The lowest BCUT2D eigenvalue weighted by Gasteiger charge is -2.23. The van der Waals surface area contributed by atoms with Crippen LogP contribution in [0.5, 0.6) is 5.75 Å². The number of aromatic hydroxyl groups is 1. The summed E-state index contributed by atoms with van der Waals surface area (Å²) >= 11 is 0. The Morgan fingerprint density at radius 1 is 1.50 bits per heavy atom. The quantitative estimate of drug-likeness (QED) is 0.437. The molecule has 1 aromatic carbocycles. The summed E-state index contributed by atoms with van der Waals surface area (Å²) in [5.41, 5.74) is 6.10. The van der Waals surface area contributed by atoms with Crippen LogP contribution in [0.15, 0.2) is 18.2 Å². The first kappa shape index (κ1) is 12.2. The molecule has 1 aromatic rings. The molecule has 1 unspecified atom stereocenters. The summed E-state index contributed by atoms with van der Waals surface area (Å²) in [6, 6.07) is 3.60. The van der Waals surface area contributed by atoms with Crippen molar-refractivity contribution in [3.8, 4) is 5.75 Å². The van der Waals surface area contributed by atoms with Crippen LogP contribution in [0.3, 0.4) is 0 Å². The Morgan fingerprint density at radius 3 is 3.00 bits per heavy atom. The minimum absolute atomic E-state index is 0.0394. The average molecular weight is 249 g/mol. The van der Waals surface area contributed by atoms with Gasteiger partial charge in [-0.3, -0.25) is 9.59 Å². The van der Waals surface area contributed by atoms with Gasteiger partial charge in [0.05, 0.1) is 5.56 Å². The molecule has 1 atom stereocenters. The molecule has 1 fully saturated rings. The zero-order chi connectivity index (χ0) is 13.1. The minimum Gasteiger partial charge on any atom is -0.508 e. The molecule has 5 N–H and O–H groups in total. The lowest BCUT2D eigenvalue weighted by Crippen LogP contribution is -2.50. The Hall–Kier alpha value is -2.24. The molecule has 6 heteroatoms. The number of nitrogens with one attached hydrogen (secondary N) is 2. The Kier molecular flexibility index (Phi) is 3.36. The lowest BCUT2D eigenvalue weighted by molar-refractivity contribution is -0.124. The van der Waals surface area contributed by atoms with Crippen molar-refractivity contribution in [1.29, 1.82) is 0 Å². The fourth-order valence-electron chi connectivity index (χ4n) is 1.89. The van der Waals surface area contributed by atoms with E-state index in [1.165, 1.54) is 18.2 Å². The molecule has 1 aliphatic rings. The highest BCUT2D eigenvalue weighted by atomic mass is 16.3. The first-order valence-corrected chi connectivity index (χ1v) is 5.75. The van der Waals surface area contributed by atoms with Gasteiger partial charge in [-0.15, -0.1) is 0 Å². The van der Waals surface area contributed by atoms with Gasteiger partial charge in [0.25, 0.3) is 5.91 Å². The number of hydrogen-bond acceptors (Lipinski definition) is 4. The van der Waals surface area contributed by atoms with Gasteiger partial charge in [0.1, 0.15) is 11.8 Å². The highest BCUT2D eigenvalue weighted by Gasteiger charge is 2.24. The molecule has 1 saturated heterocycles. The average Bonchev–Trinajstić information content (AvgIpc) is 2.35. The van der Waals surface area contributed by atoms with Gasteiger partial charge in [-0.25, -0.2) is 0 Å². The van der Waals surface area contributed by atoms with E-state index in [0.717, 1.165) is 6.42 Å². The van der Waals surface area contributed by atoms with E-state index in [0.29, 0.717) is 13.0 Å². The van der Waals surface area contributed by atoms with Crippen molar-refractivity contribution >= 4 is 17.5 Å². The van der Waals surface area contributed by atoms with Crippen LogP contribution in [0.25, 0.3) is 0 Å². The van der Waals surface area contributed by atoms with Crippen LogP contribution in [-0.4, -0.2) is 29.5 Å². The molecule has 0 radical (unpaired) electrons. The van der Waals surface area contributed by atoms with Crippen molar-refractivity contribution in [3.63, 3.8) is 0 Å². The van der Waals surface area contributed by atoms with Gasteiger partial charge in [0.15, 0.2) is 0 Å². The number of anilines is 1. The molecule has 2 rings (SSSR count). The number of amides is 2. The van der Waals surface area contributed by atoms with Crippen LogP contribution in [-0.2, 0) is 4.79 Å². The summed E-state index contributed by atoms with van der Waals surface area (Å²) in [5, 5.41) is 14.6. The number of hydrogen-bond donors (Lipinski definition) is 4. The van der Waals surface area contributed by atoms with E-state index in [1.807, 2.05) is 0 Å². The number of phenols is 1. The van der Waals surface area contributed by atoms with E-state index >= 15 is 0 Å². The minimum atomic E-state index is -0.534. The predicted octanol–water partition coefficient (Wildman–Crippen LogP) is -0.0172. The number of benzene rings is 1. The van der Waals surface area contributed by atoms with Crippen LogP contribution >= 0.6 is 0 Å². The van der Waals surface area contributed by atoms with Gasteiger partial charge < -0.3 is 21.5 Å². The van der Waals surface area contributed by atoms with E-state index < -0.39 is 11.9 Å². The Morgan fingerprint density at radius 2 is 2.28 bits per heavy atom. The third-order valence-corrected chi connectivity index (χ3v) is 2.87. The number of rotatable bonds is 2. The number of phenolic OH excluding ortho intramolecular Hbond substituents is 1. The SMILES string of the molecule is Nc1ccc(O)cc1C(=O)NC1CCCNC1=O. The fraction of sp³-hybridized carbons (Fsp3) is 0.333. The maximum absolute atomic E-state index is 11.9. The highest BCUT2D eigenvalue weighted by Crippen LogP contribution is 2.18. The molecule has 0 saturated carbocycles. The van der Waals surface area contributed by atoms with Gasteiger partial charge in [0.2, 0.25) is 5.91 Å². The predicted molar refractivity (Wildman–Crippen MR) is 66.0 cm³/mol. The molecule has 2 amide bonds. The van der Waals surface area contributed by atoms with Gasteiger partial charge in [-0.1, -0.05) is 0 Å². The monoisotopic (exact) mass is 249 g/mol. The molecule has 0 aromatic heterocycles. The maximum atomic E-state index is 11.9. The van der Waals surface area contributed by atoms with E-state index in [-0.39, 0.29) is 22.9 Å². The van der Waals surface area contributed by atoms with Gasteiger partial charge in [-0.05, 0) is 31.0 Å². The Bertz CT molecular complexity index is 487. The van der Waals surface area contributed by atoms with Crippen LogP contribution in [0.1, 0.15) is 23.2 Å². The van der Waals surface area contributed by atoms with Crippen LogP contribution in [0.4, 0.5) is 5.69 Å².